The Bertz CT molecular complexity index is 27.9. The Kier molecular flexibility index (Phi) is 23.6. The van der Waals surface area contributed by atoms with Crippen molar-refractivity contribution in [1.82, 2.24) is 0 Å². The second-order valence-corrected chi connectivity index (χ2v) is 1.80. The Balaban J connectivity index is -0.0000000267. The zero-order valence-corrected chi connectivity index (χ0v) is 5.85. The number of hydrogen-bond acceptors (Lipinski definition) is 4. The SMILES string of the molecule is O.O[Si](O)(O)O.[AlH3].[Ti]. The molecule has 0 aliphatic rings. The van der Waals surface area contributed by atoms with Crippen molar-refractivity contribution in [3.8, 4) is 0 Å². The van der Waals surface area contributed by atoms with E-state index in [2.05, 4.69) is 0 Å². The average molecular weight is 192 g/mol. The molecule has 0 saturated carbocycles. The van der Waals surface area contributed by atoms with E-state index in [0.29, 0.717) is 0 Å². The maximum Gasteiger partial charge on any atom is 0.668 e. The molecule has 0 radical (unpaired) electrons. The minimum absolute atomic E-state index is 0. The summed E-state index contributed by atoms with van der Waals surface area (Å²) in [5.41, 5.74) is 0. The molecule has 0 rings (SSSR count). The first-order chi connectivity index (χ1) is 2.00. The van der Waals surface area contributed by atoms with E-state index < -0.39 is 9.05 Å². The van der Waals surface area contributed by atoms with Crippen molar-refractivity contribution in [2.75, 3.05) is 0 Å². The Labute approximate surface area is 72.8 Å². The van der Waals surface area contributed by atoms with Crippen LogP contribution in [0.5, 0.6) is 0 Å². The van der Waals surface area contributed by atoms with E-state index in [4.69, 9.17) is 19.2 Å². The van der Waals surface area contributed by atoms with E-state index in [1.165, 1.54) is 0 Å². The summed E-state index contributed by atoms with van der Waals surface area (Å²) in [7, 11) is -4.61. The third-order valence-electron chi connectivity index (χ3n) is 0. The molecule has 0 saturated heterocycles. The number of hydrogen-bond donors (Lipinski definition) is 4. The van der Waals surface area contributed by atoms with Gasteiger partial charge in [0.2, 0.25) is 0 Å². The molecule has 0 heterocycles. The van der Waals surface area contributed by atoms with Crippen molar-refractivity contribution in [2.24, 2.45) is 0 Å². The predicted molar refractivity (Wildman–Crippen MR) is 28.2 cm³/mol. The fraction of sp³-hybridized carbons (Fsp3) is 0. The monoisotopic (exact) mass is 192 g/mol. The zero-order valence-electron chi connectivity index (χ0n) is 3.29. The normalized spacial score (nSPS) is 7.50. The minimum atomic E-state index is -4.61. The number of rotatable bonds is 0. The van der Waals surface area contributed by atoms with Gasteiger partial charge in [0.25, 0.3) is 0 Å². The molecule has 0 aromatic carbocycles. The van der Waals surface area contributed by atoms with E-state index in [0.717, 1.165) is 0 Å². The van der Waals surface area contributed by atoms with Gasteiger partial charge in [-0.25, -0.2) is 0 Å². The summed E-state index contributed by atoms with van der Waals surface area (Å²) in [6, 6.07) is 0. The molecule has 0 spiro atoms. The Morgan fingerprint density at radius 1 is 0.875 bits per heavy atom. The third kappa shape index (κ3) is 178. The van der Waals surface area contributed by atoms with Gasteiger partial charge in [-0.1, -0.05) is 0 Å². The van der Waals surface area contributed by atoms with E-state index in [9.17, 15) is 0 Å². The van der Waals surface area contributed by atoms with Gasteiger partial charge < -0.3 is 24.7 Å². The standard InChI is InChI=1S/Al.H4O4Si.H2O.Ti.3H/c;1-5(2,3)4;;;;;/h;1-4H;1H2;;;;. The van der Waals surface area contributed by atoms with Crippen LogP contribution < -0.4 is 0 Å². The third-order valence-corrected chi connectivity index (χ3v) is 0. The van der Waals surface area contributed by atoms with Crippen molar-refractivity contribution in [2.45, 2.75) is 0 Å². The van der Waals surface area contributed by atoms with Crippen LogP contribution >= 0.6 is 0 Å². The first kappa shape index (κ1) is 22.8. The van der Waals surface area contributed by atoms with E-state index in [1.54, 1.807) is 0 Å². The second-order valence-electron chi connectivity index (χ2n) is 0.600. The molecule has 0 unspecified atom stereocenters. The molecule has 0 aliphatic carbocycles. The van der Waals surface area contributed by atoms with Crippen LogP contribution in [0.3, 0.4) is 0 Å². The fourth-order valence-electron chi connectivity index (χ4n) is 0. The molecule has 0 fully saturated rings. The van der Waals surface area contributed by atoms with Crippen molar-refractivity contribution in [3.05, 3.63) is 0 Å². The van der Waals surface area contributed by atoms with Crippen LogP contribution in [-0.4, -0.2) is 51.1 Å². The van der Waals surface area contributed by atoms with Crippen molar-refractivity contribution < 1.29 is 46.4 Å². The summed E-state index contributed by atoms with van der Waals surface area (Å²) in [6.45, 7) is 0. The Hall–Kier alpha value is 1.26. The first-order valence-electron chi connectivity index (χ1n) is 0.894. The quantitative estimate of drug-likeness (QED) is 0.289. The van der Waals surface area contributed by atoms with Gasteiger partial charge in [-0.05, 0) is 0 Å². The van der Waals surface area contributed by atoms with Crippen molar-refractivity contribution in [1.29, 1.82) is 0 Å². The summed E-state index contributed by atoms with van der Waals surface area (Å²) in [4.78, 5) is 29.3. The molecule has 0 atom stereocenters. The summed E-state index contributed by atoms with van der Waals surface area (Å²) in [5, 5.41) is 0. The topological polar surface area (TPSA) is 112 Å². The second kappa shape index (κ2) is 8.26. The van der Waals surface area contributed by atoms with Crippen LogP contribution in [0.1, 0.15) is 0 Å². The molecule has 0 bridgehead atoms. The molecule has 6 N–H and O–H groups in total. The Morgan fingerprint density at radius 3 is 0.875 bits per heavy atom. The average Bonchev–Trinajstić information content (AvgIpc) is 0.722. The van der Waals surface area contributed by atoms with Gasteiger partial charge in [-0.3, -0.25) is 0 Å². The summed E-state index contributed by atoms with van der Waals surface area (Å²) >= 11 is 0. The van der Waals surface area contributed by atoms with Crippen LogP contribution in [0.25, 0.3) is 0 Å². The van der Waals surface area contributed by atoms with Crippen molar-refractivity contribution in [3.63, 3.8) is 0 Å². The van der Waals surface area contributed by atoms with Gasteiger partial charge in [0, 0.05) is 21.7 Å². The van der Waals surface area contributed by atoms with Gasteiger partial charge in [0.1, 0.15) is 0 Å². The van der Waals surface area contributed by atoms with Gasteiger partial charge in [0.05, 0.1) is 0 Å². The molecule has 50 valence electrons. The van der Waals surface area contributed by atoms with E-state index in [1.807, 2.05) is 0 Å². The molecule has 0 aromatic rings. The van der Waals surface area contributed by atoms with Gasteiger partial charge in [0.15, 0.2) is 17.4 Å². The summed E-state index contributed by atoms with van der Waals surface area (Å²) in [5.74, 6) is 0. The smallest absolute Gasteiger partial charge is 0.412 e. The maximum absolute atomic E-state index is 7.33. The van der Waals surface area contributed by atoms with Crippen LogP contribution in [0.2, 0.25) is 0 Å². The summed E-state index contributed by atoms with van der Waals surface area (Å²) in [6.07, 6.45) is 0. The van der Waals surface area contributed by atoms with Crippen molar-refractivity contribution >= 4 is 26.4 Å². The predicted octanol–water partition coefficient (Wildman–Crippen LogP) is -4.62. The molecule has 0 aliphatic heterocycles. The molecular weight excluding hydrogens is 183 g/mol. The van der Waals surface area contributed by atoms with Gasteiger partial charge in [-0.2, -0.15) is 0 Å². The molecule has 5 nitrogen and oxygen atoms in total. The fourth-order valence-corrected chi connectivity index (χ4v) is 0. The molecule has 0 amide bonds. The first-order valence-corrected chi connectivity index (χ1v) is 2.68. The largest absolute Gasteiger partial charge is 0.668 e. The molecular formula is H9AlO5SiTi. The molecule has 8 heteroatoms. The van der Waals surface area contributed by atoms with E-state index >= 15 is 0 Å². The minimum Gasteiger partial charge on any atom is -0.412 e. The van der Waals surface area contributed by atoms with Crippen LogP contribution in [-0.2, 0) is 21.7 Å². The van der Waals surface area contributed by atoms with Crippen LogP contribution in [0.15, 0.2) is 0 Å². The zero-order chi connectivity index (χ0) is 4.50. The molecule has 0 aromatic heterocycles. The van der Waals surface area contributed by atoms with Gasteiger partial charge >= 0.3 is 9.05 Å². The van der Waals surface area contributed by atoms with Crippen LogP contribution in [0, 0.1) is 0 Å². The van der Waals surface area contributed by atoms with Gasteiger partial charge in [-0.15, -0.1) is 0 Å². The maximum atomic E-state index is 7.33. The molecule has 8 heavy (non-hydrogen) atoms. The van der Waals surface area contributed by atoms with E-state index in [-0.39, 0.29) is 44.6 Å². The van der Waals surface area contributed by atoms with Crippen LogP contribution in [0.4, 0.5) is 0 Å². The summed E-state index contributed by atoms with van der Waals surface area (Å²) < 4.78 is 0. The Morgan fingerprint density at radius 2 is 0.875 bits per heavy atom.